The van der Waals surface area contributed by atoms with Crippen LogP contribution in [0.15, 0.2) is 0 Å². The highest BCUT2D eigenvalue weighted by Gasteiger charge is 1.98. The quantitative estimate of drug-likeness (QED) is 0.506. The Hall–Kier alpha value is -0.280. The zero-order valence-corrected chi connectivity index (χ0v) is 9.99. The van der Waals surface area contributed by atoms with Crippen LogP contribution in [0.5, 0.6) is 0 Å². The maximum absolute atomic E-state index is 10.7. The monoisotopic (exact) mass is 223 g/mol. The van der Waals surface area contributed by atoms with Crippen LogP contribution >= 0.6 is 12.4 Å². The average molecular weight is 224 g/mol. The number of rotatable bonds is 8. The molecular weight excluding hydrogens is 202 g/mol. The molecule has 86 valence electrons. The Kier molecular flexibility index (Phi) is 14.7. The lowest BCUT2D eigenvalue weighted by atomic mass is 10.1. The van der Waals surface area contributed by atoms with Crippen molar-refractivity contribution in [2.75, 3.05) is 20.7 Å². The van der Waals surface area contributed by atoms with Crippen molar-refractivity contribution in [3.8, 4) is 0 Å². The van der Waals surface area contributed by atoms with Gasteiger partial charge in [0.2, 0.25) is 0 Å². The number of ether oxygens (including phenoxy) is 1. The Bertz CT molecular complexity index is 131. The molecule has 14 heavy (non-hydrogen) atoms. The van der Waals surface area contributed by atoms with Gasteiger partial charge in [0.05, 0.1) is 7.11 Å². The van der Waals surface area contributed by atoms with E-state index in [1.165, 1.54) is 26.4 Å². The molecule has 0 saturated carbocycles. The fourth-order valence-corrected chi connectivity index (χ4v) is 1.20. The van der Waals surface area contributed by atoms with Crippen LogP contribution < -0.4 is 5.32 Å². The van der Waals surface area contributed by atoms with Gasteiger partial charge in [-0.2, -0.15) is 0 Å². The third-order valence-electron chi connectivity index (χ3n) is 2.04. The van der Waals surface area contributed by atoms with Gasteiger partial charge in [-0.05, 0) is 26.4 Å². The molecular formula is C10H22ClNO2. The SMILES string of the molecule is CNCCCCCCCC(=O)OC.Cl. The van der Waals surface area contributed by atoms with Crippen molar-refractivity contribution in [1.29, 1.82) is 0 Å². The van der Waals surface area contributed by atoms with Gasteiger partial charge in [0, 0.05) is 6.42 Å². The lowest BCUT2D eigenvalue weighted by Crippen LogP contribution is -2.06. The Morgan fingerprint density at radius 2 is 1.71 bits per heavy atom. The van der Waals surface area contributed by atoms with Crippen LogP contribution in [0.2, 0.25) is 0 Å². The summed E-state index contributed by atoms with van der Waals surface area (Å²) in [6.45, 7) is 1.09. The van der Waals surface area contributed by atoms with Gasteiger partial charge in [-0.15, -0.1) is 12.4 Å². The Morgan fingerprint density at radius 1 is 1.14 bits per heavy atom. The normalized spacial score (nSPS) is 9.29. The van der Waals surface area contributed by atoms with E-state index < -0.39 is 0 Å². The molecule has 0 heterocycles. The summed E-state index contributed by atoms with van der Waals surface area (Å²) in [5.41, 5.74) is 0. The molecule has 0 spiro atoms. The highest BCUT2D eigenvalue weighted by molar-refractivity contribution is 5.85. The molecule has 0 atom stereocenters. The molecule has 0 unspecified atom stereocenters. The summed E-state index contributed by atoms with van der Waals surface area (Å²) < 4.78 is 4.55. The van der Waals surface area contributed by atoms with E-state index in [4.69, 9.17) is 0 Å². The molecule has 0 amide bonds. The van der Waals surface area contributed by atoms with Crippen molar-refractivity contribution in [3.63, 3.8) is 0 Å². The first-order valence-corrected chi connectivity index (χ1v) is 5.02. The Labute approximate surface area is 93.0 Å². The first-order valence-electron chi connectivity index (χ1n) is 5.02. The van der Waals surface area contributed by atoms with E-state index >= 15 is 0 Å². The molecule has 0 rings (SSSR count). The lowest BCUT2D eigenvalue weighted by Gasteiger charge is -2.00. The molecule has 0 fully saturated rings. The molecule has 0 bridgehead atoms. The van der Waals surface area contributed by atoms with Gasteiger partial charge in [-0.25, -0.2) is 0 Å². The molecule has 0 aliphatic carbocycles. The van der Waals surface area contributed by atoms with Crippen molar-refractivity contribution in [1.82, 2.24) is 5.32 Å². The molecule has 1 N–H and O–H groups in total. The van der Waals surface area contributed by atoms with E-state index in [9.17, 15) is 4.79 Å². The van der Waals surface area contributed by atoms with E-state index in [1.807, 2.05) is 7.05 Å². The molecule has 0 aromatic heterocycles. The second kappa shape index (κ2) is 12.7. The fourth-order valence-electron chi connectivity index (χ4n) is 1.20. The minimum absolute atomic E-state index is 0. The molecule has 0 aliphatic heterocycles. The maximum Gasteiger partial charge on any atom is 0.305 e. The highest BCUT2D eigenvalue weighted by Crippen LogP contribution is 2.05. The van der Waals surface area contributed by atoms with Gasteiger partial charge in [0.1, 0.15) is 0 Å². The number of halogens is 1. The summed E-state index contributed by atoms with van der Waals surface area (Å²) in [5, 5.41) is 3.11. The van der Waals surface area contributed by atoms with E-state index in [0.29, 0.717) is 6.42 Å². The van der Waals surface area contributed by atoms with E-state index in [2.05, 4.69) is 10.1 Å². The molecule has 0 aromatic carbocycles. The number of unbranched alkanes of at least 4 members (excludes halogenated alkanes) is 4. The first-order chi connectivity index (χ1) is 6.31. The second-order valence-corrected chi connectivity index (χ2v) is 3.20. The van der Waals surface area contributed by atoms with Gasteiger partial charge in [-0.3, -0.25) is 4.79 Å². The predicted molar refractivity (Wildman–Crippen MR) is 60.9 cm³/mol. The summed E-state index contributed by atoms with van der Waals surface area (Å²) in [6, 6.07) is 0. The van der Waals surface area contributed by atoms with E-state index in [1.54, 1.807) is 0 Å². The number of carbonyl (C=O) groups excluding carboxylic acids is 1. The maximum atomic E-state index is 10.7. The fraction of sp³-hybridized carbons (Fsp3) is 0.900. The zero-order chi connectivity index (χ0) is 9.94. The van der Waals surface area contributed by atoms with Crippen LogP contribution in [0.4, 0.5) is 0 Å². The number of methoxy groups -OCH3 is 1. The molecule has 0 aliphatic rings. The van der Waals surface area contributed by atoms with Gasteiger partial charge < -0.3 is 10.1 Å². The zero-order valence-electron chi connectivity index (χ0n) is 9.17. The highest BCUT2D eigenvalue weighted by atomic mass is 35.5. The number of carbonyl (C=O) groups is 1. The number of esters is 1. The topological polar surface area (TPSA) is 38.3 Å². The van der Waals surface area contributed by atoms with Crippen molar-refractivity contribution >= 4 is 18.4 Å². The van der Waals surface area contributed by atoms with Gasteiger partial charge in [0.15, 0.2) is 0 Å². The second-order valence-electron chi connectivity index (χ2n) is 3.20. The largest absolute Gasteiger partial charge is 0.469 e. The summed E-state index contributed by atoms with van der Waals surface area (Å²) in [7, 11) is 3.41. The third kappa shape index (κ3) is 11.7. The average Bonchev–Trinajstić information content (AvgIpc) is 2.16. The van der Waals surface area contributed by atoms with Crippen LogP contribution in [0.1, 0.15) is 38.5 Å². The van der Waals surface area contributed by atoms with Crippen LogP contribution in [-0.2, 0) is 9.53 Å². The minimum Gasteiger partial charge on any atom is -0.469 e. The van der Waals surface area contributed by atoms with Crippen LogP contribution in [0.3, 0.4) is 0 Å². The molecule has 3 nitrogen and oxygen atoms in total. The van der Waals surface area contributed by atoms with Crippen molar-refractivity contribution in [2.24, 2.45) is 0 Å². The number of hydrogen-bond donors (Lipinski definition) is 1. The van der Waals surface area contributed by atoms with E-state index in [-0.39, 0.29) is 18.4 Å². The number of hydrogen-bond acceptors (Lipinski definition) is 3. The Morgan fingerprint density at radius 3 is 2.29 bits per heavy atom. The summed E-state index contributed by atoms with van der Waals surface area (Å²) in [6.07, 6.45) is 6.38. The standard InChI is InChI=1S/C10H21NO2.ClH/c1-11-9-7-5-3-4-6-8-10(12)13-2;/h11H,3-9H2,1-2H3;1H. The lowest BCUT2D eigenvalue weighted by molar-refractivity contribution is -0.140. The molecule has 4 heteroatoms. The molecule has 0 radical (unpaired) electrons. The summed E-state index contributed by atoms with van der Waals surface area (Å²) >= 11 is 0. The van der Waals surface area contributed by atoms with Gasteiger partial charge in [0.25, 0.3) is 0 Å². The Balaban J connectivity index is 0. The smallest absolute Gasteiger partial charge is 0.305 e. The number of nitrogens with one attached hydrogen (secondary N) is 1. The molecule has 0 aromatic rings. The van der Waals surface area contributed by atoms with Crippen LogP contribution in [0, 0.1) is 0 Å². The summed E-state index contributed by atoms with van der Waals surface area (Å²) in [4.78, 5) is 10.7. The van der Waals surface area contributed by atoms with Gasteiger partial charge >= 0.3 is 5.97 Å². The first kappa shape index (κ1) is 16.2. The van der Waals surface area contributed by atoms with Crippen molar-refractivity contribution < 1.29 is 9.53 Å². The minimum atomic E-state index is -0.0878. The van der Waals surface area contributed by atoms with Crippen molar-refractivity contribution in [2.45, 2.75) is 38.5 Å². The summed E-state index contributed by atoms with van der Waals surface area (Å²) in [5.74, 6) is -0.0878. The van der Waals surface area contributed by atoms with Crippen LogP contribution in [-0.4, -0.2) is 26.7 Å². The van der Waals surface area contributed by atoms with Crippen molar-refractivity contribution in [3.05, 3.63) is 0 Å². The van der Waals surface area contributed by atoms with Crippen LogP contribution in [0.25, 0.3) is 0 Å². The van der Waals surface area contributed by atoms with E-state index in [0.717, 1.165) is 19.4 Å². The molecule has 0 saturated heterocycles. The third-order valence-corrected chi connectivity index (χ3v) is 2.04. The predicted octanol–water partition coefficient (Wildman–Crippen LogP) is 2.14. The van der Waals surface area contributed by atoms with Gasteiger partial charge in [-0.1, -0.05) is 19.3 Å².